The lowest BCUT2D eigenvalue weighted by molar-refractivity contribution is 0.181. The van der Waals surface area contributed by atoms with Crippen LogP contribution in [0.15, 0.2) is 58.2 Å². The fourth-order valence-corrected chi connectivity index (χ4v) is 3.39. The summed E-state index contributed by atoms with van der Waals surface area (Å²) in [6, 6.07) is 13.1. The number of rotatable bonds is 9. The van der Waals surface area contributed by atoms with Crippen LogP contribution in [0.25, 0.3) is 0 Å². The van der Waals surface area contributed by atoms with Gasteiger partial charge in [0.25, 0.3) is 11.1 Å². The molecule has 2 heterocycles. The van der Waals surface area contributed by atoms with Crippen LogP contribution in [0.2, 0.25) is 0 Å². The van der Waals surface area contributed by atoms with Gasteiger partial charge in [-0.05, 0) is 43.3 Å². The number of nitrogens with two attached hydrogens (primary N) is 1. The largest absolute Gasteiger partial charge is 0.495 e. The molecule has 10 nitrogen and oxygen atoms in total. The summed E-state index contributed by atoms with van der Waals surface area (Å²) in [5.41, 5.74) is 6.54. The Labute approximate surface area is 192 Å². The summed E-state index contributed by atoms with van der Waals surface area (Å²) in [7, 11) is 1.58. The molecule has 2 aromatic heterocycles. The third-order valence-corrected chi connectivity index (χ3v) is 5.09. The van der Waals surface area contributed by atoms with Crippen molar-refractivity contribution >= 4 is 29.3 Å². The number of thioether (sulfide) groups is 1. The molecule has 0 saturated carbocycles. The summed E-state index contributed by atoms with van der Waals surface area (Å²) in [4.78, 5) is 12.7. The Hall–Kier alpha value is -3.93. The maximum absolute atomic E-state index is 13.0. The highest BCUT2D eigenvalue weighted by molar-refractivity contribution is 7.98. The number of nitrogen functional groups attached to an aromatic ring is 1. The van der Waals surface area contributed by atoms with Crippen molar-refractivity contribution in [3.05, 3.63) is 66.1 Å². The summed E-state index contributed by atoms with van der Waals surface area (Å²) in [6.07, 6.45) is -0.512. The number of ether oxygens (including phenoxy) is 2. The van der Waals surface area contributed by atoms with E-state index in [9.17, 15) is 4.39 Å². The van der Waals surface area contributed by atoms with Crippen LogP contribution in [0.4, 0.5) is 22.0 Å². The van der Waals surface area contributed by atoms with Gasteiger partial charge in [0.05, 0.1) is 18.6 Å². The number of para-hydroxylation sites is 2. The molecule has 4 rings (SSSR count). The Kier molecular flexibility index (Phi) is 6.83. The van der Waals surface area contributed by atoms with E-state index in [0.717, 1.165) is 0 Å². The molecule has 0 aliphatic heterocycles. The lowest BCUT2D eigenvalue weighted by Gasteiger charge is -2.10. The van der Waals surface area contributed by atoms with Crippen molar-refractivity contribution in [1.29, 1.82) is 0 Å². The molecule has 0 fully saturated rings. The molecule has 3 N–H and O–H groups in total. The predicted molar refractivity (Wildman–Crippen MR) is 120 cm³/mol. The molecule has 4 aromatic rings. The molecule has 0 spiro atoms. The van der Waals surface area contributed by atoms with Crippen molar-refractivity contribution in [3.63, 3.8) is 0 Å². The summed E-state index contributed by atoms with van der Waals surface area (Å²) in [5, 5.41) is 11.4. The second-order valence-electron chi connectivity index (χ2n) is 6.67. The molecular formula is C21H20FN7O3S. The zero-order chi connectivity index (χ0) is 23.2. The van der Waals surface area contributed by atoms with Crippen molar-refractivity contribution in [2.45, 2.75) is 24.0 Å². The minimum Gasteiger partial charge on any atom is -0.495 e. The molecule has 0 radical (unpaired) electrons. The zero-order valence-corrected chi connectivity index (χ0v) is 18.5. The van der Waals surface area contributed by atoms with Crippen LogP contribution in [0.5, 0.6) is 11.5 Å². The second-order valence-corrected chi connectivity index (χ2v) is 7.59. The molecule has 0 aliphatic carbocycles. The van der Waals surface area contributed by atoms with Gasteiger partial charge in [0.2, 0.25) is 11.9 Å². The molecule has 0 bridgehead atoms. The van der Waals surface area contributed by atoms with Crippen molar-refractivity contribution < 1.29 is 18.3 Å². The SMILES string of the molecule is COc1ccccc1Nc1nc(N)nc(CSc2nnc([C@H](C)Oc3ccc(F)cc3)o2)n1. The first-order valence-corrected chi connectivity index (χ1v) is 10.8. The quantitative estimate of drug-likeness (QED) is 0.342. The highest BCUT2D eigenvalue weighted by Crippen LogP contribution is 2.27. The van der Waals surface area contributed by atoms with Gasteiger partial charge >= 0.3 is 0 Å². The number of methoxy groups -OCH3 is 1. The normalized spacial score (nSPS) is 11.7. The molecule has 2 aromatic carbocycles. The van der Waals surface area contributed by atoms with Crippen LogP contribution >= 0.6 is 11.8 Å². The van der Waals surface area contributed by atoms with Crippen LogP contribution in [0.1, 0.15) is 24.7 Å². The molecule has 33 heavy (non-hydrogen) atoms. The Bertz CT molecular complexity index is 1220. The van der Waals surface area contributed by atoms with E-state index in [-0.39, 0.29) is 23.6 Å². The number of nitrogens with zero attached hydrogens (tertiary/aromatic N) is 5. The van der Waals surface area contributed by atoms with Crippen molar-refractivity contribution in [3.8, 4) is 11.5 Å². The number of aromatic nitrogens is 5. The van der Waals surface area contributed by atoms with Crippen LogP contribution < -0.4 is 20.5 Å². The lowest BCUT2D eigenvalue weighted by Crippen LogP contribution is -2.07. The smallest absolute Gasteiger partial charge is 0.277 e. The van der Waals surface area contributed by atoms with Crippen molar-refractivity contribution in [1.82, 2.24) is 25.1 Å². The van der Waals surface area contributed by atoms with E-state index in [0.29, 0.717) is 34.0 Å². The van der Waals surface area contributed by atoms with E-state index in [1.54, 1.807) is 14.0 Å². The number of halogens is 1. The minimum atomic E-state index is -0.512. The van der Waals surface area contributed by atoms with Crippen molar-refractivity contribution in [2.75, 3.05) is 18.2 Å². The van der Waals surface area contributed by atoms with Gasteiger partial charge in [0.1, 0.15) is 23.1 Å². The van der Waals surface area contributed by atoms with Gasteiger partial charge in [0.15, 0.2) is 6.10 Å². The average Bonchev–Trinajstić information content (AvgIpc) is 3.29. The fourth-order valence-electron chi connectivity index (χ4n) is 2.76. The van der Waals surface area contributed by atoms with E-state index < -0.39 is 6.10 Å². The third kappa shape index (κ3) is 5.86. The Balaban J connectivity index is 1.39. The zero-order valence-electron chi connectivity index (χ0n) is 17.7. The molecule has 170 valence electrons. The number of hydrogen-bond donors (Lipinski definition) is 2. The highest BCUT2D eigenvalue weighted by atomic mass is 32.2. The van der Waals surface area contributed by atoms with Gasteiger partial charge in [-0.1, -0.05) is 23.9 Å². The number of benzene rings is 2. The first kappa shape index (κ1) is 22.3. The second kappa shape index (κ2) is 10.1. The maximum Gasteiger partial charge on any atom is 0.277 e. The Morgan fingerprint density at radius 2 is 1.88 bits per heavy atom. The van der Waals surface area contributed by atoms with Gasteiger partial charge in [-0.15, -0.1) is 10.2 Å². The van der Waals surface area contributed by atoms with Crippen LogP contribution in [-0.2, 0) is 5.75 Å². The van der Waals surface area contributed by atoms with Crippen LogP contribution in [0.3, 0.4) is 0 Å². The van der Waals surface area contributed by atoms with E-state index >= 15 is 0 Å². The molecule has 0 amide bonds. The summed E-state index contributed by atoms with van der Waals surface area (Å²) >= 11 is 1.25. The third-order valence-electron chi connectivity index (χ3n) is 4.27. The van der Waals surface area contributed by atoms with Gasteiger partial charge in [0, 0.05) is 0 Å². The first-order chi connectivity index (χ1) is 16.0. The lowest BCUT2D eigenvalue weighted by atomic mass is 10.3. The average molecular weight is 470 g/mol. The van der Waals surface area contributed by atoms with Gasteiger partial charge in [-0.25, -0.2) is 4.39 Å². The first-order valence-electron chi connectivity index (χ1n) is 9.79. The van der Waals surface area contributed by atoms with Crippen LogP contribution in [0, 0.1) is 5.82 Å². The van der Waals surface area contributed by atoms with Crippen LogP contribution in [-0.4, -0.2) is 32.3 Å². The number of nitrogens with one attached hydrogen (secondary N) is 1. The topological polar surface area (TPSA) is 134 Å². The molecular weight excluding hydrogens is 449 g/mol. The summed E-state index contributed by atoms with van der Waals surface area (Å²) in [6.45, 7) is 1.76. The van der Waals surface area contributed by atoms with Gasteiger partial charge in [-0.3, -0.25) is 0 Å². The maximum atomic E-state index is 13.0. The fraction of sp³-hybridized carbons (Fsp3) is 0.190. The van der Waals surface area contributed by atoms with Gasteiger partial charge in [-0.2, -0.15) is 15.0 Å². The Morgan fingerprint density at radius 1 is 1.09 bits per heavy atom. The molecule has 0 aliphatic rings. The van der Waals surface area contributed by atoms with Crippen molar-refractivity contribution in [2.24, 2.45) is 0 Å². The summed E-state index contributed by atoms with van der Waals surface area (Å²) < 4.78 is 29.7. The minimum absolute atomic E-state index is 0.0746. The summed E-state index contributed by atoms with van der Waals surface area (Å²) in [5.74, 6) is 2.19. The molecule has 0 unspecified atom stereocenters. The number of hydrogen-bond acceptors (Lipinski definition) is 11. The number of anilines is 3. The molecule has 12 heteroatoms. The van der Waals surface area contributed by atoms with Gasteiger partial charge < -0.3 is 24.9 Å². The molecule has 0 saturated heterocycles. The van der Waals surface area contributed by atoms with E-state index in [1.807, 2.05) is 24.3 Å². The predicted octanol–water partition coefficient (Wildman–Crippen LogP) is 4.16. The Morgan fingerprint density at radius 3 is 2.67 bits per heavy atom. The van der Waals surface area contributed by atoms with E-state index in [2.05, 4.69) is 30.5 Å². The highest BCUT2D eigenvalue weighted by Gasteiger charge is 2.17. The molecule has 1 atom stereocenters. The van der Waals surface area contributed by atoms with E-state index in [1.165, 1.54) is 36.0 Å². The monoisotopic (exact) mass is 469 g/mol. The standard InChI is InChI=1S/C21H20FN7O3S/c1-12(31-14-9-7-13(22)8-10-14)18-28-29-21(32-18)33-11-17-25-19(23)27-20(26-17)24-15-5-3-4-6-16(15)30-2/h3-10,12H,11H2,1-2H3,(H3,23,24,25,26,27)/t12-/m0/s1. The van der Waals surface area contributed by atoms with E-state index in [4.69, 9.17) is 19.6 Å².